The zero-order valence-corrected chi connectivity index (χ0v) is 11.7. The lowest BCUT2D eigenvalue weighted by atomic mass is 10.1. The number of nitrogens with two attached hydrogens (primary N) is 1. The Morgan fingerprint density at radius 1 is 1.10 bits per heavy atom. The lowest BCUT2D eigenvalue weighted by molar-refractivity contribution is 0.570. The second-order valence-electron chi connectivity index (χ2n) is 4.41. The van der Waals surface area contributed by atoms with Crippen molar-refractivity contribution in [2.45, 2.75) is 17.9 Å². The molecule has 0 aliphatic rings. The van der Waals surface area contributed by atoms with E-state index in [1.165, 1.54) is 18.2 Å². The molecule has 0 aliphatic carbocycles. The first-order valence-electron chi connectivity index (χ1n) is 6.03. The van der Waals surface area contributed by atoms with Crippen molar-refractivity contribution in [3.63, 3.8) is 0 Å². The minimum absolute atomic E-state index is 0.338. The molecule has 0 fully saturated rings. The summed E-state index contributed by atoms with van der Waals surface area (Å²) in [6.07, 6.45) is 0. The van der Waals surface area contributed by atoms with E-state index in [1.54, 1.807) is 31.2 Å². The van der Waals surface area contributed by atoms with Crippen molar-refractivity contribution in [3.8, 4) is 0 Å². The van der Waals surface area contributed by atoms with E-state index in [-0.39, 0.29) is 10.9 Å². The summed E-state index contributed by atoms with van der Waals surface area (Å²) in [6, 6.07) is 11.7. The van der Waals surface area contributed by atoms with Crippen molar-refractivity contribution >= 4 is 15.7 Å². The summed E-state index contributed by atoms with van der Waals surface area (Å²) in [7, 11) is -3.98. The van der Waals surface area contributed by atoms with Crippen LogP contribution in [-0.2, 0) is 10.0 Å². The average molecular weight is 294 g/mol. The Hall–Kier alpha value is -1.92. The Labute approximate surface area is 117 Å². The van der Waals surface area contributed by atoms with Crippen molar-refractivity contribution in [1.29, 1.82) is 0 Å². The number of rotatable bonds is 4. The average Bonchev–Trinajstić information content (AvgIpc) is 2.39. The molecule has 1 atom stereocenters. The van der Waals surface area contributed by atoms with Gasteiger partial charge in [-0.2, -0.15) is 0 Å². The highest BCUT2D eigenvalue weighted by molar-refractivity contribution is 7.92. The maximum Gasteiger partial charge on any atom is 0.264 e. The number of hydrogen-bond acceptors (Lipinski definition) is 3. The smallest absolute Gasteiger partial charge is 0.264 e. The second-order valence-corrected chi connectivity index (χ2v) is 6.06. The van der Waals surface area contributed by atoms with E-state index in [9.17, 15) is 12.8 Å². The fraction of sp³-hybridized carbons (Fsp3) is 0.143. The maximum atomic E-state index is 13.6. The molecular formula is C14H15FN2O2S. The first-order valence-corrected chi connectivity index (χ1v) is 7.52. The number of sulfonamides is 1. The molecule has 0 heterocycles. The van der Waals surface area contributed by atoms with Gasteiger partial charge in [-0.1, -0.05) is 30.3 Å². The van der Waals surface area contributed by atoms with E-state index in [0.29, 0.717) is 11.3 Å². The molecule has 106 valence electrons. The van der Waals surface area contributed by atoms with Gasteiger partial charge in [-0.15, -0.1) is 0 Å². The van der Waals surface area contributed by atoms with E-state index < -0.39 is 15.8 Å². The molecule has 3 N–H and O–H groups in total. The summed E-state index contributed by atoms with van der Waals surface area (Å²) in [6.45, 7) is 1.75. The Morgan fingerprint density at radius 2 is 1.70 bits per heavy atom. The van der Waals surface area contributed by atoms with Crippen LogP contribution >= 0.6 is 0 Å². The highest BCUT2D eigenvalue weighted by Crippen LogP contribution is 2.24. The third kappa shape index (κ3) is 2.97. The number of nitrogens with one attached hydrogen (secondary N) is 1. The van der Waals surface area contributed by atoms with Gasteiger partial charge in [0, 0.05) is 6.04 Å². The van der Waals surface area contributed by atoms with Gasteiger partial charge in [0.15, 0.2) is 0 Å². The molecule has 0 amide bonds. The van der Waals surface area contributed by atoms with Crippen LogP contribution in [-0.4, -0.2) is 8.42 Å². The van der Waals surface area contributed by atoms with E-state index in [4.69, 9.17) is 5.73 Å². The van der Waals surface area contributed by atoms with Crippen LogP contribution in [0.5, 0.6) is 0 Å². The standard InChI is InChI=1S/C14H15FN2O2S/c1-10(16)11-6-2-4-8-13(11)17-20(18,19)14-9-5-3-7-12(14)15/h2-10,17H,16H2,1H3. The number of hydrogen-bond donors (Lipinski definition) is 2. The Morgan fingerprint density at radius 3 is 2.35 bits per heavy atom. The van der Waals surface area contributed by atoms with E-state index in [0.717, 1.165) is 6.07 Å². The molecule has 2 aromatic rings. The zero-order valence-electron chi connectivity index (χ0n) is 10.9. The van der Waals surface area contributed by atoms with Gasteiger partial charge in [-0.3, -0.25) is 4.72 Å². The van der Waals surface area contributed by atoms with Crippen molar-refractivity contribution in [2.75, 3.05) is 4.72 Å². The fourth-order valence-electron chi connectivity index (χ4n) is 1.85. The molecule has 20 heavy (non-hydrogen) atoms. The Balaban J connectivity index is 2.42. The van der Waals surface area contributed by atoms with Gasteiger partial charge in [0.2, 0.25) is 0 Å². The zero-order chi connectivity index (χ0) is 14.8. The van der Waals surface area contributed by atoms with E-state index in [1.807, 2.05) is 0 Å². The van der Waals surface area contributed by atoms with Gasteiger partial charge >= 0.3 is 0 Å². The summed E-state index contributed by atoms with van der Waals surface area (Å²) in [5.74, 6) is -0.793. The van der Waals surface area contributed by atoms with Crippen LogP contribution < -0.4 is 10.5 Å². The molecule has 0 bridgehead atoms. The van der Waals surface area contributed by atoms with Crippen molar-refractivity contribution < 1.29 is 12.8 Å². The minimum atomic E-state index is -3.98. The molecule has 0 aliphatic heterocycles. The fourth-order valence-corrected chi connectivity index (χ4v) is 3.02. The summed E-state index contributed by atoms with van der Waals surface area (Å²) in [5.41, 5.74) is 6.79. The van der Waals surface area contributed by atoms with Gasteiger partial charge in [-0.25, -0.2) is 12.8 Å². The van der Waals surface area contributed by atoms with Crippen LogP contribution in [0.15, 0.2) is 53.4 Å². The van der Waals surface area contributed by atoms with Gasteiger partial charge < -0.3 is 5.73 Å². The van der Waals surface area contributed by atoms with Gasteiger partial charge in [0.1, 0.15) is 10.7 Å². The van der Waals surface area contributed by atoms with Crippen LogP contribution in [0, 0.1) is 5.82 Å². The van der Waals surface area contributed by atoms with E-state index in [2.05, 4.69) is 4.72 Å². The summed E-state index contributed by atoms with van der Waals surface area (Å²) >= 11 is 0. The molecule has 2 rings (SSSR count). The van der Waals surface area contributed by atoms with Crippen LogP contribution in [0.1, 0.15) is 18.5 Å². The highest BCUT2D eigenvalue weighted by atomic mass is 32.2. The van der Waals surface area contributed by atoms with Gasteiger partial charge in [-0.05, 0) is 30.7 Å². The molecule has 2 aromatic carbocycles. The van der Waals surface area contributed by atoms with Crippen molar-refractivity contribution in [2.24, 2.45) is 5.73 Å². The first kappa shape index (κ1) is 14.5. The Kier molecular flexibility index (Phi) is 4.06. The lowest BCUT2D eigenvalue weighted by Crippen LogP contribution is -2.17. The lowest BCUT2D eigenvalue weighted by Gasteiger charge is -2.15. The van der Waals surface area contributed by atoms with Crippen LogP contribution in [0.4, 0.5) is 10.1 Å². The second kappa shape index (κ2) is 5.60. The normalized spacial score (nSPS) is 12.9. The third-order valence-electron chi connectivity index (χ3n) is 2.82. The van der Waals surface area contributed by atoms with Crippen LogP contribution in [0.3, 0.4) is 0 Å². The van der Waals surface area contributed by atoms with Crippen molar-refractivity contribution in [3.05, 3.63) is 59.9 Å². The maximum absolute atomic E-state index is 13.6. The quantitative estimate of drug-likeness (QED) is 0.910. The molecule has 0 spiro atoms. The molecule has 4 nitrogen and oxygen atoms in total. The summed E-state index contributed by atoms with van der Waals surface area (Å²) in [5, 5.41) is 0. The van der Waals surface area contributed by atoms with Gasteiger partial charge in [0.05, 0.1) is 5.69 Å². The molecule has 0 saturated heterocycles. The van der Waals surface area contributed by atoms with Crippen LogP contribution in [0.2, 0.25) is 0 Å². The topological polar surface area (TPSA) is 72.2 Å². The minimum Gasteiger partial charge on any atom is -0.324 e. The number of benzene rings is 2. The predicted octanol–water partition coefficient (Wildman–Crippen LogP) is 2.65. The SMILES string of the molecule is CC(N)c1ccccc1NS(=O)(=O)c1ccccc1F. The van der Waals surface area contributed by atoms with Crippen molar-refractivity contribution in [1.82, 2.24) is 0 Å². The highest BCUT2D eigenvalue weighted by Gasteiger charge is 2.20. The number of anilines is 1. The summed E-state index contributed by atoms with van der Waals surface area (Å²) in [4.78, 5) is -0.389. The number of halogens is 1. The molecule has 1 unspecified atom stereocenters. The Bertz CT molecular complexity index is 715. The monoisotopic (exact) mass is 294 g/mol. The van der Waals surface area contributed by atoms with Gasteiger partial charge in [0.25, 0.3) is 10.0 Å². The number of para-hydroxylation sites is 1. The summed E-state index contributed by atoms with van der Waals surface area (Å²) < 4.78 is 40.4. The molecule has 0 saturated carbocycles. The van der Waals surface area contributed by atoms with E-state index >= 15 is 0 Å². The molecule has 6 heteroatoms. The molecule has 0 radical (unpaired) electrons. The molecule has 0 aromatic heterocycles. The third-order valence-corrected chi connectivity index (χ3v) is 4.22. The largest absolute Gasteiger partial charge is 0.324 e. The molecular weight excluding hydrogens is 279 g/mol. The first-order chi connectivity index (χ1) is 9.42. The van der Waals surface area contributed by atoms with Crippen LogP contribution in [0.25, 0.3) is 0 Å². The predicted molar refractivity (Wildman–Crippen MR) is 76.3 cm³/mol.